The van der Waals surface area contributed by atoms with Gasteiger partial charge in [-0.15, -0.1) is 0 Å². The third-order valence-corrected chi connectivity index (χ3v) is 5.60. The van der Waals surface area contributed by atoms with Crippen LogP contribution in [0.4, 0.5) is 0 Å². The molecular formula is C19H23N3O6S. The highest BCUT2D eigenvalue weighted by atomic mass is 32.2. The number of amides is 1. The van der Waals surface area contributed by atoms with Crippen LogP contribution in [0.5, 0.6) is 11.5 Å². The normalized spacial score (nSPS) is 18.5. The molecule has 3 rings (SSSR count). The van der Waals surface area contributed by atoms with E-state index >= 15 is 0 Å². The second-order valence-corrected chi connectivity index (χ2v) is 7.66. The highest BCUT2D eigenvalue weighted by molar-refractivity contribution is 7.98. The fourth-order valence-corrected chi connectivity index (χ4v) is 4.15. The first-order valence-electron chi connectivity index (χ1n) is 9.14. The molecule has 1 aliphatic rings. The van der Waals surface area contributed by atoms with Crippen molar-refractivity contribution in [2.75, 3.05) is 19.5 Å². The number of aromatic hydroxyl groups is 1. The Bertz CT molecular complexity index is 914. The van der Waals surface area contributed by atoms with Crippen molar-refractivity contribution in [3.8, 4) is 11.5 Å². The number of aromatic nitrogens is 2. The van der Waals surface area contributed by atoms with Gasteiger partial charge in [-0.1, -0.05) is 5.16 Å². The summed E-state index contributed by atoms with van der Waals surface area (Å²) in [5.74, 6) is 1.16. The smallest absolute Gasteiger partial charge is 0.338 e. The Kier molecular flexibility index (Phi) is 6.63. The average Bonchev–Trinajstić information content (AvgIpc) is 3.12. The van der Waals surface area contributed by atoms with E-state index in [0.29, 0.717) is 46.5 Å². The van der Waals surface area contributed by atoms with Gasteiger partial charge in [0.2, 0.25) is 11.8 Å². The molecule has 0 unspecified atom stereocenters. The molecule has 1 aromatic heterocycles. The molecule has 0 bridgehead atoms. The van der Waals surface area contributed by atoms with E-state index in [0.717, 1.165) is 0 Å². The minimum atomic E-state index is -0.545. The molecule has 0 saturated carbocycles. The molecule has 9 nitrogen and oxygen atoms in total. The summed E-state index contributed by atoms with van der Waals surface area (Å²) in [7, 11) is 1.47. The maximum atomic E-state index is 12.7. The number of carbonyl (C=O) groups excluding carboxylic acids is 2. The highest BCUT2D eigenvalue weighted by Crippen LogP contribution is 2.36. The molecule has 1 amide bonds. The first kappa shape index (κ1) is 21.0. The number of hydrogen-bond acceptors (Lipinski definition) is 9. The van der Waals surface area contributed by atoms with Crippen LogP contribution in [0.25, 0.3) is 0 Å². The van der Waals surface area contributed by atoms with E-state index in [9.17, 15) is 14.7 Å². The summed E-state index contributed by atoms with van der Waals surface area (Å²) in [6, 6.07) is 1.01. The quantitative estimate of drug-likeness (QED) is 0.704. The number of benzene rings is 1. The number of phenolic OH excluding ortho intramolecular Hbond substituents is 1. The minimum Gasteiger partial charge on any atom is -0.507 e. The molecule has 10 heteroatoms. The second kappa shape index (κ2) is 9.17. The summed E-state index contributed by atoms with van der Waals surface area (Å²) in [5.41, 5.74) is 1.35. The van der Waals surface area contributed by atoms with Crippen molar-refractivity contribution < 1.29 is 28.7 Å². The van der Waals surface area contributed by atoms with Gasteiger partial charge in [-0.25, -0.2) is 4.79 Å². The lowest BCUT2D eigenvalue weighted by atomic mass is 10.0. The monoisotopic (exact) mass is 421 g/mol. The predicted molar refractivity (Wildman–Crippen MR) is 105 cm³/mol. The first-order chi connectivity index (χ1) is 13.9. The van der Waals surface area contributed by atoms with E-state index in [2.05, 4.69) is 15.5 Å². The molecule has 0 fully saturated rings. The largest absolute Gasteiger partial charge is 0.507 e. The first-order valence-corrected chi connectivity index (χ1v) is 10.3. The molecule has 0 aliphatic carbocycles. The number of fused-ring (bicyclic) bond motifs is 1. The third-order valence-electron chi connectivity index (χ3n) is 4.54. The molecule has 29 heavy (non-hydrogen) atoms. The Hall–Kier alpha value is -2.75. The number of carbonyl (C=O) groups is 2. The lowest BCUT2D eigenvalue weighted by molar-refractivity contribution is -0.122. The number of ether oxygens (including phenoxy) is 2. The van der Waals surface area contributed by atoms with E-state index in [-0.39, 0.29) is 30.2 Å². The van der Waals surface area contributed by atoms with Crippen LogP contribution < -0.4 is 10.1 Å². The molecule has 0 saturated heterocycles. The molecular weight excluding hydrogens is 398 g/mol. The Labute approximate surface area is 172 Å². The van der Waals surface area contributed by atoms with Crippen molar-refractivity contribution in [1.29, 1.82) is 0 Å². The number of esters is 1. The SMILES string of the molecule is COc1cc(O)c2c(c1C)C(=O)OCCCC(=O)N[C@H](c1nc(C)no1)CSC2. The van der Waals surface area contributed by atoms with Gasteiger partial charge in [0.25, 0.3) is 0 Å². The summed E-state index contributed by atoms with van der Waals surface area (Å²) < 4.78 is 15.8. The number of thioether (sulfide) groups is 1. The number of nitrogens with zero attached hydrogens (tertiary/aromatic N) is 2. The standard InChI is InChI=1S/C19H23N3O6S/c1-10-15(26-3)7-14(23)12-8-29-9-13(18-20-11(2)22-28-18)21-16(24)5-4-6-27-19(25)17(10)12/h7,13,23H,4-6,8-9H2,1-3H3,(H,21,24)/t13-/m0/s1. The number of aryl methyl sites for hydroxylation is 1. The fourth-order valence-electron chi connectivity index (χ4n) is 3.08. The Morgan fingerprint density at radius 3 is 2.83 bits per heavy atom. The Morgan fingerprint density at radius 2 is 2.14 bits per heavy atom. The van der Waals surface area contributed by atoms with Crippen LogP contribution in [0.1, 0.15) is 52.1 Å². The number of methoxy groups -OCH3 is 1. The molecule has 1 atom stereocenters. The van der Waals surface area contributed by atoms with Gasteiger partial charge in [0.15, 0.2) is 5.82 Å². The number of phenols is 1. The maximum Gasteiger partial charge on any atom is 0.338 e. The lowest BCUT2D eigenvalue weighted by Crippen LogP contribution is -2.30. The zero-order valence-electron chi connectivity index (χ0n) is 16.5. The third kappa shape index (κ3) is 4.81. The van der Waals surface area contributed by atoms with Crippen molar-refractivity contribution in [2.45, 2.75) is 38.5 Å². The van der Waals surface area contributed by atoms with Crippen LogP contribution in [0.3, 0.4) is 0 Å². The summed E-state index contributed by atoms with van der Waals surface area (Å²) in [6.45, 7) is 3.53. The van der Waals surface area contributed by atoms with Crippen LogP contribution in [0.2, 0.25) is 0 Å². The number of rotatable bonds is 2. The zero-order valence-corrected chi connectivity index (χ0v) is 17.3. The second-order valence-electron chi connectivity index (χ2n) is 6.63. The molecule has 1 aromatic carbocycles. The summed E-state index contributed by atoms with van der Waals surface area (Å²) in [5, 5.41) is 17.2. The van der Waals surface area contributed by atoms with Crippen LogP contribution in [0.15, 0.2) is 10.6 Å². The summed E-state index contributed by atoms with van der Waals surface area (Å²) >= 11 is 1.42. The van der Waals surface area contributed by atoms with E-state index in [1.54, 1.807) is 13.8 Å². The van der Waals surface area contributed by atoms with Crippen molar-refractivity contribution in [2.24, 2.45) is 0 Å². The topological polar surface area (TPSA) is 124 Å². The van der Waals surface area contributed by atoms with Crippen molar-refractivity contribution in [1.82, 2.24) is 15.5 Å². The number of nitrogens with one attached hydrogen (secondary N) is 1. The molecule has 2 heterocycles. The molecule has 2 aromatic rings. The van der Waals surface area contributed by atoms with Crippen molar-refractivity contribution in [3.05, 3.63) is 34.5 Å². The van der Waals surface area contributed by atoms with E-state index in [1.165, 1.54) is 24.9 Å². The van der Waals surface area contributed by atoms with Crippen molar-refractivity contribution in [3.63, 3.8) is 0 Å². The van der Waals surface area contributed by atoms with Gasteiger partial charge >= 0.3 is 5.97 Å². The number of hydrogen-bond donors (Lipinski definition) is 2. The predicted octanol–water partition coefficient (Wildman–Crippen LogP) is 2.44. The Morgan fingerprint density at radius 1 is 1.34 bits per heavy atom. The average molecular weight is 421 g/mol. The van der Waals surface area contributed by atoms with Gasteiger partial charge in [-0.2, -0.15) is 16.7 Å². The maximum absolute atomic E-state index is 12.7. The zero-order chi connectivity index (χ0) is 21.0. The molecule has 156 valence electrons. The van der Waals surface area contributed by atoms with Gasteiger partial charge in [0, 0.05) is 35.1 Å². The van der Waals surface area contributed by atoms with E-state index < -0.39 is 12.0 Å². The lowest BCUT2D eigenvalue weighted by Gasteiger charge is -2.17. The van der Waals surface area contributed by atoms with Crippen LogP contribution >= 0.6 is 11.8 Å². The van der Waals surface area contributed by atoms with Gasteiger partial charge < -0.3 is 24.4 Å². The minimum absolute atomic E-state index is 0.0454. The van der Waals surface area contributed by atoms with E-state index in [1.807, 2.05) is 0 Å². The van der Waals surface area contributed by atoms with Crippen LogP contribution in [0, 0.1) is 13.8 Å². The molecule has 2 N–H and O–H groups in total. The number of cyclic esters (lactones) is 1. The summed E-state index contributed by atoms with van der Waals surface area (Å²) in [4.78, 5) is 29.2. The molecule has 0 radical (unpaired) electrons. The highest BCUT2D eigenvalue weighted by Gasteiger charge is 2.26. The van der Waals surface area contributed by atoms with Gasteiger partial charge in [-0.3, -0.25) is 4.79 Å². The van der Waals surface area contributed by atoms with Gasteiger partial charge in [0.05, 0.1) is 19.3 Å². The van der Waals surface area contributed by atoms with Crippen molar-refractivity contribution >= 4 is 23.6 Å². The molecule has 0 spiro atoms. The van der Waals surface area contributed by atoms with Gasteiger partial charge in [0.1, 0.15) is 17.5 Å². The molecule has 1 aliphatic heterocycles. The van der Waals surface area contributed by atoms with Gasteiger partial charge in [-0.05, 0) is 20.3 Å². The van der Waals surface area contributed by atoms with Crippen LogP contribution in [-0.4, -0.2) is 46.6 Å². The van der Waals surface area contributed by atoms with Crippen LogP contribution in [-0.2, 0) is 15.3 Å². The van der Waals surface area contributed by atoms with E-state index in [4.69, 9.17) is 14.0 Å². The summed E-state index contributed by atoms with van der Waals surface area (Å²) in [6.07, 6.45) is 0.557. The fraction of sp³-hybridized carbons (Fsp3) is 0.474. The Balaban J connectivity index is 1.93.